The highest BCUT2D eigenvalue weighted by molar-refractivity contribution is 7.09. The Morgan fingerprint density at radius 3 is 2.54 bits per heavy atom. The van der Waals surface area contributed by atoms with Gasteiger partial charge in [-0.3, -0.25) is 9.69 Å². The summed E-state index contributed by atoms with van der Waals surface area (Å²) in [6.45, 7) is 5.93. The molecule has 1 saturated heterocycles. The minimum Gasteiger partial charge on any atom is -0.398 e. The molecule has 3 heterocycles. The summed E-state index contributed by atoms with van der Waals surface area (Å²) in [6.07, 6.45) is 2.07. The molecule has 1 aromatic carbocycles. The van der Waals surface area contributed by atoms with E-state index in [0.29, 0.717) is 6.54 Å². The molecule has 2 N–H and O–H groups in total. The normalized spacial score (nSPS) is 16.7. The maximum absolute atomic E-state index is 12.8. The van der Waals surface area contributed by atoms with Gasteiger partial charge < -0.3 is 15.5 Å². The molecule has 0 radical (unpaired) electrons. The summed E-state index contributed by atoms with van der Waals surface area (Å²) < 4.78 is 0. The fraction of sp³-hybridized carbons (Fsp3) is 0.450. The Hall–Kier alpha value is -1.47. The number of carbonyl (C=O) groups excluding carboxylic acids is 1. The number of amides is 1. The molecule has 2 aliphatic heterocycles. The number of piperazine rings is 1. The Morgan fingerprint density at radius 2 is 1.82 bits per heavy atom. The molecular weight excluding hydrogens is 415 g/mol. The highest BCUT2D eigenvalue weighted by atomic mass is 35.5. The molecule has 5 nitrogen and oxygen atoms in total. The van der Waals surface area contributed by atoms with E-state index in [-0.39, 0.29) is 30.7 Å². The van der Waals surface area contributed by atoms with E-state index in [1.807, 2.05) is 17.0 Å². The first-order valence-corrected chi connectivity index (χ1v) is 10.2. The molecule has 1 aromatic heterocycles. The molecule has 0 unspecified atom stereocenters. The molecule has 0 aliphatic carbocycles. The van der Waals surface area contributed by atoms with Crippen molar-refractivity contribution in [1.82, 2.24) is 9.80 Å². The average molecular weight is 443 g/mol. The van der Waals surface area contributed by atoms with Crippen LogP contribution in [0.15, 0.2) is 35.7 Å². The summed E-state index contributed by atoms with van der Waals surface area (Å²) in [7, 11) is 0. The van der Waals surface area contributed by atoms with Gasteiger partial charge in [-0.25, -0.2) is 0 Å². The number of hydrogen-bond acceptors (Lipinski definition) is 5. The van der Waals surface area contributed by atoms with Gasteiger partial charge in [0, 0.05) is 55.5 Å². The summed E-state index contributed by atoms with van der Waals surface area (Å²) in [6, 6.07) is 10.3. The van der Waals surface area contributed by atoms with Crippen LogP contribution in [0.3, 0.4) is 0 Å². The van der Waals surface area contributed by atoms with E-state index >= 15 is 0 Å². The van der Waals surface area contributed by atoms with Crippen LogP contribution in [-0.2, 0) is 17.8 Å². The molecule has 1 amide bonds. The maximum atomic E-state index is 12.8. The Bertz CT molecular complexity index is 764. The second-order valence-corrected chi connectivity index (χ2v) is 8.14. The Morgan fingerprint density at radius 1 is 1.04 bits per heavy atom. The third-order valence-corrected chi connectivity index (χ3v) is 6.25. The standard InChI is InChI=1S/C20H26N4OS.2ClH/c21-18-6-1-7-19-17(18)5-2-8-24(19)15-20(25)23-11-9-22(10-12-23)14-16-4-3-13-26-16;;/h1,3-4,6-7,13H,2,5,8-12,14-15,21H2;2*1H. The maximum Gasteiger partial charge on any atom is 0.242 e. The van der Waals surface area contributed by atoms with Crippen molar-refractivity contribution in [2.24, 2.45) is 0 Å². The lowest BCUT2D eigenvalue weighted by molar-refractivity contribution is -0.131. The number of fused-ring (bicyclic) bond motifs is 1. The van der Waals surface area contributed by atoms with Crippen LogP contribution in [0.5, 0.6) is 0 Å². The number of nitrogens with zero attached hydrogens (tertiary/aromatic N) is 3. The van der Waals surface area contributed by atoms with Crippen LogP contribution in [0.1, 0.15) is 16.9 Å². The van der Waals surface area contributed by atoms with Gasteiger partial charge in [-0.2, -0.15) is 0 Å². The third kappa shape index (κ3) is 5.11. The number of anilines is 2. The molecule has 8 heteroatoms. The van der Waals surface area contributed by atoms with Crippen molar-refractivity contribution >= 4 is 53.4 Å². The first-order chi connectivity index (χ1) is 12.7. The average Bonchev–Trinajstić information content (AvgIpc) is 3.16. The number of nitrogens with two attached hydrogens (primary N) is 1. The monoisotopic (exact) mass is 442 g/mol. The fourth-order valence-corrected chi connectivity index (χ4v) is 4.68. The molecule has 0 spiro atoms. The van der Waals surface area contributed by atoms with E-state index in [1.165, 1.54) is 10.4 Å². The third-order valence-electron chi connectivity index (χ3n) is 5.39. The zero-order valence-corrected chi connectivity index (χ0v) is 18.3. The van der Waals surface area contributed by atoms with E-state index < -0.39 is 0 Å². The van der Waals surface area contributed by atoms with Gasteiger partial charge in [0.25, 0.3) is 0 Å². The lowest BCUT2D eigenvalue weighted by Gasteiger charge is -2.37. The second kappa shape index (κ2) is 10.3. The summed E-state index contributed by atoms with van der Waals surface area (Å²) in [5.74, 6) is 0.232. The summed E-state index contributed by atoms with van der Waals surface area (Å²) in [5, 5.41) is 2.12. The number of halogens is 2. The van der Waals surface area contributed by atoms with Crippen molar-refractivity contribution in [3.05, 3.63) is 46.2 Å². The Labute approximate surface area is 183 Å². The van der Waals surface area contributed by atoms with Crippen LogP contribution in [0.25, 0.3) is 0 Å². The van der Waals surface area contributed by atoms with E-state index in [2.05, 4.69) is 33.4 Å². The minimum absolute atomic E-state index is 0. The summed E-state index contributed by atoms with van der Waals surface area (Å²) in [4.78, 5) is 20.9. The topological polar surface area (TPSA) is 52.8 Å². The number of thiophene rings is 1. The van der Waals surface area contributed by atoms with Gasteiger partial charge >= 0.3 is 0 Å². The van der Waals surface area contributed by atoms with E-state index in [1.54, 1.807) is 11.3 Å². The summed E-state index contributed by atoms with van der Waals surface area (Å²) >= 11 is 1.80. The smallest absolute Gasteiger partial charge is 0.242 e. The zero-order valence-electron chi connectivity index (χ0n) is 15.9. The van der Waals surface area contributed by atoms with Crippen LogP contribution >= 0.6 is 36.2 Å². The minimum atomic E-state index is 0. The second-order valence-electron chi connectivity index (χ2n) is 7.11. The van der Waals surface area contributed by atoms with Crippen LogP contribution in [0.4, 0.5) is 11.4 Å². The van der Waals surface area contributed by atoms with Gasteiger partial charge in [0.05, 0.1) is 6.54 Å². The molecular formula is C20H28Cl2N4OS. The molecule has 2 aromatic rings. The SMILES string of the molecule is Cl.Cl.Nc1cccc2c1CCCN2CC(=O)N1CCN(Cc2cccs2)CC1. The number of carbonyl (C=O) groups is 1. The number of benzene rings is 1. The Balaban J connectivity index is 0.00000140. The van der Waals surface area contributed by atoms with Crippen molar-refractivity contribution in [2.45, 2.75) is 19.4 Å². The molecule has 2 aliphatic rings. The van der Waals surface area contributed by atoms with Crippen molar-refractivity contribution in [3.63, 3.8) is 0 Å². The first-order valence-electron chi connectivity index (χ1n) is 9.35. The van der Waals surface area contributed by atoms with Crippen molar-refractivity contribution in [2.75, 3.05) is 49.9 Å². The molecule has 0 atom stereocenters. The quantitative estimate of drug-likeness (QED) is 0.738. The molecule has 0 saturated carbocycles. The molecule has 28 heavy (non-hydrogen) atoms. The van der Waals surface area contributed by atoms with Crippen LogP contribution in [-0.4, -0.2) is 55.0 Å². The predicted molar refractivity (Wildman–Crippen MR) is 122 cm³/mol. The lowest BCUT2D eigenvalue weighted by Crippen LogP contribution is -2.51. The van der Waals surface area contributed by atoms with Crippen LogP contribution in [0, 0.1) is 0 Å². The van der Waals surface area contributed by atoms with Gasteiger partial charge in [-0.05, 0) is 42.0 Å². The highest BCUT2D eigenvalue weighted by Gasteiger charge is 2.25. The van der Waals surface area contributed by atoms with Crippen LogP contribution < -0.4 is 10.6 Å². The van der Waals surface area contributed by atoms with Crippen molar-refractivity contribution < 1.29 is 4.79 Å². The van der Waals surface area contributed by atoms with Gasteiger partial charge in [0.2, 0.25) is 5.91 Å². The molecule has 154 valence electrons. The van der Waals surface area contributed by atoms with Crippen LogP contribution in [0.2, 0.25) is 0 Å². The number of rotatable bonds is 4. The van der Waals surface area contributed by atoms with E-state index in [9.17, 15) is 4.79 Å². The van der Waals surface area contributed by atoms with Gasteiger partial charge in [-0.15, -0.1) is 36.2 Å². The largest absolute Gasteiger partial charge is 0.398 e. The molecule has 4 rings (SSSR count). The number of nitrogen functional groups attached to an aromatic ring is 1. The zero-order chi connectivity index (χ0) is 17.9. The van der Waals surface area contributed by atoms with E-state index in [0.717, 1.165) is 63.5 Å². The van der Waals surface area contributed by atoms with Gasteiger partial charge in [0.1, 0.15) is 0 Å². The predicted octanol–water partition coefficient (Wildman–Crippen LogP) is 3.27. The molecule has 1 fully saturated rings. The lowest BCUT2D eigenvalue weighted by atomic mass is 10.00. The Kier molecular flexibility index (Phi) is 8.43. The van der Waals surface area contributed by atoms with E-state index in [4.69, 9.17) is 5.73 Å². The van der Waals surface area contributed by atoms with Gasteiger partial charge in [0.15, 0.2) is 0 Å². The van der Waals surface area contributed by atoms with Gasteiger partial charge in [-0.1, -0.05) is 12.1 Å². The molecule has 0 bridgehead atoms. The van der Waals surface area contributed by atoms with Crippen molar-refractivity contribution in [3.8, 4) is 0 Å². The highest BCUT2D eigenvalue weighted by Crippen LogP contribution is 2.31. The fourth-order valence-electron chi connectivity index (χ4n) is 3.93. The summed E-state index contributed by atoms with van der Waals surface area (Å²) in [5.41, 5.74) is 9.31. The number of hydrogen-bond donors (Lipinski definition) is 1. The first kappa shape index (κ1) is 22.8. The van der Waals surface area contributed by atoms with Crippen molar-refractivity contribution in [1.29, 1.82) is 0 Å².